The van der Waals surface area contributed by atoms with Crippen LogP contribution >= 0.6 is 15.9 Å². The van der Waals surface area contributed by atoms with Gasteiger partial charge in [0, 0.05) is 11.0 Å². The maximum atomic E-state index is 12.8. The van der Waals surface area contributed by atoms with E-state index in [0.717, 1.165) is 4.47 Å². The maximum absolute atomic E-state index is 12.8. The highest BCUT2D eigenvalue weighted by molar-refractivity contribution is 9.10. The molecule has 0 saturated heterocycles. The van der Waals surface area contributed by atoms with Crippen molar-refractivity contribution < 1.29 is 9.50 Å². The number of benzene rings is 1. The van der Waals surface area contributed by atoms with Crippen LogP contribution in [0.3, 0.4) is 0 Å². The van der Waals surface area contributed by atoms with Crippen molar-refractivity contribution in [3.05, 3.63) is 28.5 Å². The molecule has 0 aliphatic carbocycles. The summed E-state index contributed by atoms with van der Waals surface area (Å²) in [6, 6.07) is 4.47. The van der Waals surface area contributed by atoms with Gasteiger partial charge >= 0.3 is 0 Å². The zero-order valence-corrected chi connectivity index (χ0v) is 9.51. The molecule has 0 saturated carbocycles. The van der Waals surface area contributed by atoms with Crippen LogP contribution in [0.4, 0.5) is 10.1 Å². The summed E-state index contributed by atoms with van der Waals surface area (Å²) in [7, 11) is 0. The molecule has 0 aromatic heterocycles. The van der Waals surface area contributed by atoms with Crippen LogP contribution in [0.25, 0.3) is 0 Å². The lowest BCUT2D eigenvalue weighted by molar-refractivity contribution is 0.189. The molecule has 0 heterocycles. The van der Waals surface area contributed by atoms with Gasteiger partial charge in [-0.15, -0.1) is 0 Å². The Hall–Kier alpha value is -0.610. The normalized spacial score (nSPS) is 12.6. The van der Waals surface area contributed by atoms with Gasteiger partial charge in [0.1, 0.15) is 5.82 Å². The molecule has 1 rings (SSSR count). The number of aliphatic hydroxyl groups excluding tert-OH is 1. The first-order valence-corrected chi connectivity index (χ1v) is 5.26. The molecule has 0 spiro atoms. The highest BCUT2D eigenvalue weighted by atomic mass is 79.9. The third-order valence-electron chi connectivity index (χ3n) is 1.81. The number of hydrogen-bond donors (Lipinski definition) is 2. The zero-order valence-electron chi connectivity index (χ0n) is 7.93. The molecule has 2 nitrogen and oxygen atoms in total. The fourth-order valence-corrected chi connectivity index (χ4v) is 1.44. The smallest absolute Gasteiger partial charge is 0.125 e. The average molecular weight is 262 g/mol. The van der Waals surface area contributed by atoms with Gasteiger partial charge in [-0.05, 0) is 47.5 Å². The highest BCUT2D eigenvalue weighted by Gasteiger charge is 2.01. The summed E-state index contributed by atoms with van der Waals surface area (Å²) >= 11 is 3.31. The van der Waals surface area contributed by atoms with Gasteiger partial charge in [0.15, 0.2) is 0 Å². The predicted molar refractivity (Wildman–Crippen MR) is 58.9 cm³/mol. The molecule has 0 amide bonds. The minimum Gasteiger partial charge on any atom is -0.393 e. The van der Waals surface area contributed by atoms with E-state index in [2.05, 4.69) is 21.2 Å². The van der Waals surface area contributed by atoms with E-state index in [1.807, 2.05) is 0 Å². The van der Waals surface area contributed by atoms with Crippen molar-refractivity contribution in [3.63, 3.8) is 0 Å². The molecule has 0 bridgehead atoms. The molecule has 0 aliphatic rings. The number of nitrogens with one attached hydrogen (secondary N) is 1. The molecule has 4 heteroatoms. The predicted octanol–water partition coefficient (Wildman–Crippen LogP) is 2.77. The van der Waals surface area contributed by atoms with Crippen molar-refractivity contribution in [2.75, 3.05) is 11.9 Å². The number of halogens is 2. The standard InChI is InChI=1S/C10H13BrFNO/c1-7(14)4-5-13-10-6-8(12)2-3-9(10)11/h2-3,6-7,13-14H,4-5H2,1H3. The summed E-state index contributed by atoms with van der Waals surface area (Å²) in [6.45, 7) is 2.35. The number of anilines is 1. The lowest BCUT2D eigenvalue weighted by atomic mass is 10.2. The molecule has 78 valence electrons. The average Bonchev–Trinajstić information content (AvgIpc) is 2.10. The van der Waals surface area contributed by atoms with Gasteiger partial charge in [-0.2, -0.15) is 0 Å². The van der Waals surface area contributed by atoms with Crippen LogP contribution in [0.1, 0.15) is 13.3 Å². The van der Waals surface area contributed by atoms with Crippen LogP contribution in [0.5, 0.6) is 0 Å². The van der Waals surface area contributed by atoms with Gasteiger partial charge in [0.2, 0.25) is 0 Å². The molecular formula is C10H13BrFNO. The van der Waals surface area contributed by atoms with E-state index in [9.17, 15) is 4.39 Å². The molecule has 2 N–H and O–H groups in total. The lowest BCUT2D eigenvalue weighted by Gasteiger charge is -2.09. The Balaban J connectivity index is 2.53. The molecular weight excluding hydrogens is 249 g/mol. The molecule has 14 heavy (non-hydrogen) atoms. The zero-order chi connectivity index (χ0) is 10.6. The Bertz CT molecular complexity index is 304. The van der Waals surface area contributed by atoms with Crippen molar-refractivity contribution in [1.29, 1.82) is 0 Å². The molecule has 0 radical (unpaired) electrons. The Morgan fingerprint density at radius 3 is 2.93 bits per heavy atom. The lowest BCUT2D eigenvalue weighted by Crippen LogP contribution is -2.10. The minimum absolute atomic E-state index is 0.271. The summed E-state index contributed by atoms with van der Waals surface area (Å²) in [5, 5.41) is 12.1. The molecule has 1 aromatic rings. The largest absolute Gasteiger partial charge is 0.393 e. The first kappa shape index (κ1) is 11.5. The van der Waals surface area contributed by atoms with Gasteiger partial charge in [-0.1, -0.05) is 0 Å². The second-order valence-corrected chi connectivity index (χ2v) is 4.04. The Morgan fingerprint density at radius 1 is 1.57 bits per heavy atom. The molecule has 1 unspecified atom stereocenters. The van der Waals surface area contributed by atoms with E-state index in [0.29, 0.717) is 18.7 Å². The van der Waals surface area contributed by atoms with E-state index in [4.69, 9.17) is 5.11 Å². The minimum atomic E-state index is -0.338. The van der Waals surface area contributed by atoms with Crippen molar-refractivity contribution in [2.24, 2.45) is 0 Å². The Morgan fingerprint density at radius 2 is 2.29 bits per heavy atom. The van der Waals surface area contributed by atoms with Crippen molar-refractivity contribution in [3.8, 4) is 0 Å². The van der Waals surface area contributed by atoms with E-state index < -0.39 is 0 Å². The monoisotopic (exact) mass is 261 g/mol. The molecule has 0 aliphatic heterocycles. The fraction of sp³-hybridized carbons (Fsp3) is 0.400. The van der Waals surface area contributed by atoms with E-state index in [1.165, 1.54) is 12.1 Å². The Labute approximate surface area is 91.3 Å². The first-order chi connectivity index (χ1) is 6.59. The van der Waals surface area contributed by atoms with Crippen LogP contribution in [-0.2, 0) is 0 Å². The number of hydrogen-bond acceptors (Lipinski definition) is 2. The number of aliphatic hydroxyl groups is 1. The van der Waals surface area contributed by atoms with Crippen molar-refractivity contribution >= 4 is 21.6 Å². The second-order valence-electron chi connectivity index (χ2n) is 3.19. The molecule has 0 fully saturated rings. The summed E-state index contributed by atoms with van der Waals surface area (Å²) < 4.78 is 13.6. The van der Waals surface area contributed by atoms with Crippen molar-refractivity contribution in [1.82, 2.24) is 0 Å². The molecule has 1 atom stereocenters. The van der Waals surface area contributed by atoms with E-state index in [-0.39, 0.29) is 11.9 Å². The maximum Gasteiger partial charge on any atom is 0.125 e. The second kappa shape index (κ2) is 5.32. The van der Waals surface area contributed by atoms with E-state index in [1.54, 1.807) is 13.0 Å². The third kappa shape index (κ3) is 3.64. The van der Waals surface area contributed by atoms with Crippen LogP contribution < -0.4 is 5.32 Å². The van der Waals surface area contributed by atoms with Gasteiger partial charge in [0.05, 0.1) is 11.8 Å². The summed E-state index contributed by atoms with van der Waals surface area (Å²) in [6.07, 6.45) is 0.304. The van der Waals surface area contributed by atoms with E-state index >= 15 is 0 Å². The van der Waals surface area contributed by atoms with Gasteiger partial charge < -0.3 is 10.4 Å². The fourth-order valence-electron chi connectivity index (χ4n) is 1.05. The van der Waals surface area contributed by atoms with Gasteiger partial charge in [0.25, 0.3) is 0 Å². The highest BCUT2D eigenvalue weighted by Crippen LogP contribution is 2.22. The van der Waals surface area contributed by atoms with Crippen LogP contribution in [0.15, 0.2) is 22.7 Å². The Kier molecular flexibility index (Phi) is 4.35. The van der Waals surface area contributed by atoms with Crippen molar-refractivity contribution in [2.45, 2.75) is 19.4 Å². The van der Waals surface area contributed by atoms with Gasteiger partial charge in [-0.3, -0.25) is 0 Å². The van der Waals surface area contributed by atoms with Gasteiger partial charge in [-0.25, -0.2) is 4.39 Å². The van der Waals surface area contributed by atoms with Crippen LogP contribution in [0.2, 0.25) is 0 Å². The first-order valence-electron chi connectivity index (χ1n) is 4.46. The SMILES string of the molecule is CC(O)CCNc1cc(F)ccc1Br. The topological polar surface area (TPSA) is 32.3 Å². The molecule has 1 aromatic carbocycles. The van der Waals surface area contributed by atoms with Crippen LogP contribution in [-0.4, -0.2) is 17.8 Å². The quantitative estimate of drug-likeness (QED) is 0.874. The summed E-state index contributed by atoms with van der Waals surface area (Å²) in [5.41, 5.74) is 0.714. The summed E-state index contributed by atoms with van der Waals surface area (Å²) in [4.78, 5) is 0. The number of rotatable bonds is 4. The third-order valence-corrected chi connectivity index (χ3v) is 2.50. The summed E-state index contributed by atoms with van der Waals surface area (Å²) in [5.74, 6) is -0.271. The van der Waals surface area contributed by atoms with Crippen LogP contribution in [0, 0.1) is 5.82 Å².